The molecule has 0 heterocycles. The van der Waals surface area contributed by atoms with Crippen molar-refractivity contribution < 1.29 is 10.1 Å². The highest BCUT2D eigenvalue weighted by Crippen LogP contribution is 2.10. The van der Waals surface area contributed by atoms with Crippen molar-refractivity contribution in [1.29, 1.82) is 0 Å². The molecule has 0 aliphatic carbocycles. The van der Waals surface area contributed by atoms with Gasteiger partial charge in [-0.15, -0.1) is 0 Å². The van der Waals surface area contributed by atoms with Crippen LogP contribution in [0.15, 0.2) is 0 Å². The Balaban J connectivity index is 0. The van der Waals surface area contributed by atoms with E-state index < -0.39 is 0 Å². The Kier molecular flexibility index (Phi) is 15.4. The van der Waals surface area contributed by atoms with Crippen LogP contribution in [0.3, 0.4) is 0 Å². The predicted molar refractivity (Wildman–Crippen MR) is 48.6 cm³/mol. The second kappa shape index (κ2) is 12.6. The molecule has 2 nitrogen and oxygen atoms in total. The topological polar surface area (TPSA) is 29.5 Å². The minimum Gasteiger partial charge on any atom is -0.252 e. The van der Waals surface area contributed by atoms with Gasteiger partial charge >= 0.3 is 0 Å². The molecular formula is C9H22O2. The van der Waals surface area contributed by atoms with Gasteiger partial charge in [0, 0.05) is 0 Å². The molecule has 0 spiro atoms. The van der Waals surface area contributed by atoms with Crippen LogP contribution in [-0.4, -0.2) is 12.4 Å². The Morgan fingerprint density at radius 3 is 1.64 bits per heavy atom. The zero-order chi connectivity index (χ0) is 9.11. The van der Waals surface area contributed by atoms with Crippen molar-refractivity contribution >= 4 is 0 Å². The number of hydrogen-bond donors (Lipinski definition) is 1. The molecule has 0 aliphatic heterocycles. The molecule has 1 N–H and O–H groups in total. The molecular weight excluding hydrogens is 140 g/mol. The molecule has 0 bridgehead atoms. The van der Waals surface area contributed by atoms with E-state index >= 15 is 0 Å². The normalized spacial score (nSPS) is 9.27. The average Bonchev–Trinajstić information content (AvgIpc) is 1.90. The third-order valence-electron chi connectivity index (χ3n) is 1.56. The lowest BCUT2D eigenvalue weighted by molar-refractivity contribution is -0.214. The smallest absolute Gasteiger partial charge is 0.0710 e. The summed E-state index contributed by atoms with van der Waals surface area (Å²) >= 11 is 0. The maximum Gasteiger partial charge on any atom is 0.0710 e. The van der Waals surface area contributed by atoms with Gasteiger partial charge in [-0.2, -0.15) is 0 Å². The van der Waals surface area contributed by atoms with E-state index in [2.05, 4.69) is 25.7 Å². The number of hydrogen-bond acceptors (Lipinski definition) is 2. The first-order valence-corrected chi connectivity index (χ1v) is 4.40. The molecule has 0 aliphatic rings. The summed E-state index contributed by atoms with van der Waals surface area (Å²) in [5.74, 6) is 0.963. The first kappa shape index (κ1) is 13.5. The standard InChI is InChI=1S/C8H18.CH4O2/c1-4-6-8(3)7-5-2;1-3-2/h8H,4-7H2,1-3H3;2H,1H3. The highest BCUT2D eigenvalue weighted by atomic mass is 17.1. The van der Waals surface area contributed by atoms with Crippen LogP contribution in [0.5, 0.6) is 0 Å². The van der Waals surface area contributed by atoms with E-state index in [0.717, 1.165) is 5.92 Å². The van der Waals surface area contributed by atoms with Crippen molar-refractivity contribution in [3.63, 3.8) is 0 Å². The minimum atomic E-state index is 0.963. The van der Waals surface area contributed by atoms with Gasteiger partial charge in [-0.05, 0) is 5.92 Å². The molecule has 0 unspecified atom stereocenters. The van der Waals surface area contributed by atoms with E-state index in [1.807, 2.05) is 0 Å². The van der Waals surface area contributed by atoms with Crippen molar-refractivity contribution in [1.82, 2.24) is 0 Å². The molecule has 70 valence electrons. The Bertz CT molecular complexity index is 49.5. The maximum absolute atomic E-state index is 7.07. The van der Waals surface area contributed by atoms with Gasteiger partial charge in [-0.3, -0.25) is 5.26 Å². The molecule has 0 fully saturated rings. The molecule has 0 saturated carbocycles. The van der Waals surface area contributed by atoms with E-state index in [1.165, 1.54) is 32.8 Å². The fraction of sp³-hybridized carbons (Fsp3) is 1.00. The van der Waals surface area contributed by atoms with E-state index in [0.29, 0.717) is 0 Å². The summed E-state index contributed by atoms with van der Waals surface area (Å²) in [6.45, 7) is 6.85. The molecule has 0 aromatic rings. The molecule has 11 heavy (non-hydrogen) atoms. The monoisotopic (exact) mass is 162 g/mol. The largest absolute Gasteiger partial charge is 0.252 e. The minimum absolute atomic E-state index is 0.963. The summed E-state index contributed by atoms with van der Waals surface area (Å²) < 4.78 is 0. The lowest BCUT2D eigenvalue weighted by atomic mass is 10.0. The summed E-state index contributed by atoms with van der Waals surface area (Å²) in [6, 6.07) is 0. The molecule has 0 amide bonds. The van der Waals surface area contributed by atoms with Crippen LogP contribution in [0.2, 0.25) is 0 Å². The van der Waals surface area contributed by atoms with Gasteiger partial charge in [0.15, 0.2) is 0 Å². The van der Waals surface area contributed by atoms with Crippen LogP contribution in [0, 0.1) is 5.92 Å². The molecule has 2 heteroatoms. The van der Waals surface area contributed by atoms with Crippen LogP contribution in [0.1, 0.15) is 46.5 Å². The Morgan fingerprint density at radius 2 is 1.45 bits per heavy atom. The highest BCUT2D eigenvalue weighted by molar-refractivity contribution is 4.48. The molecule has 0 radical (unpaired) electrons. The van der Waals surface area contributed by atoms with Crippen LogP contribution < -0.4 is 0 Å². The third kappa shape index (κ3) is 17.8. The Morgan fingerprint density at radius 1 is 1.18 bits per heavy atom. The van der Waals surface area contributed by atoms with Gasteiger partial charge < -0.3 is 0 Å². The fourth-order valence-electron chi connectivity index (χ4n) is 1.13. The molecule has 0 saturated heterocycles. The quantitative estimate of drug-likeness (QED) is 0.507. The van der Waals surface area contributed by atoms with Crippen molar-refractivity contribution in [2.45, 2.75) is 46.5 Å². The van der Waals surface area contributed by atoms with E-state index in [4.69, 9.17) is 5.26 Å². The molecule has 0 aromatic carbocycles. The zero-order valence-corrected chi connectivity index (χ0v) is 8.26. The van der Waals surface area contributed by atoms with E-state index in [1.54, 1.807) is 0 Å². The van der Waals surface area contributed by atoms with Gasteiger partial charge in [0.05, 0.1) is 7.11 Å². The van der Waals surface area contributed by atoms with E-state index in [9.17, 15) is 0 Å². The Hall–Kier alpha value is -0.0800. The van der Waals surface area contributed by atoms with Crippen molar-refractivity contribution in [3.8, 4) is 0 Å². The lowest BCUT2D eigenvalue weighted by Crippen LogP contribution is -1.91. The summed E-state index contributed by atoms with van der Waals surface area (Å²) in [7, 11) is 1.18. The fourth-order valence-corrected chi connectivity index (χ4v) is 1.13. The summed E-state index contributed by atoms with van der Waals surface area (Å²) in [4.78, 5) is 3.25. The maximum atomic E-state index is 7.07. The van der Waals surface area contributed by atoms with Gasteiger partial charge in [0.25, 0.3) is 0 Å². The van der Waals surface area contributed by atoms with Crippen LogP contribution in [0.25, 0.3) is 0 Å². The van der Waals surface area contributed by atoms with Crippen LogP contribution in [0.4, 0.5) is 0 Å². The second-order valence-corrected chi connectivity index (χ2v) is 2.87. The predicted octanol–water partition coefficient (Wildman–Crippen LogP) is 3.33. The van der Waals surface area contributed by atoms with Gasteiger partial charge in [-0.25, -0.2) is 4.89 Å². The van der Waals surface area contributed by atoms with Gasteiger partial charge in [0.2, 0.25) is 0 Å². The molecule has 0 rings (SSSR count). The zero-order valence-electron chi connectivity index (χ0n) is 8.26. The highest BCUT2D eigenvalue weighted by Gasteiger charge is 1.95. The first-order chi connectivity index (χ1) is 5.22. The van der Waals surface area contributed by atoms with Gasteiger partial charge in [-0.1, -0.05) is 46.5 Å². The van der Waals surface area contributed by atoms with Gasteiger partial charge in [0.1, 0.15) is 0 Å². The summed E-state index contributed by atoms with van der Waals surface area (Å²) in [5, 5.41) is 7.07. The van der Waals surface area contributed by atoms with Crippen molar-refractivity contribution in [2.75, 3.05) is 7.11 Å². The van der Waals surface area contributed by atoms with Crippen LogP contribution >= 0.6 is 0 Å². The molecule has 0 aromatic heterocycles. The van der Waals surface area contributed by atoms with Crippen molar-refractivity contribution in [2.24, 2.45) is 5.92 Å². The average molecular weight is 162 g/mol. The van der Waals surface area contributed by atoms with Crippen LogP contribution in [-0.2, 0) is 4.89 Å². The van der Waals surface area contributed by atoms with Crippen molar-refractivity contribution in [3.05, 3.63) is 0 Å². The third-order valence-corrected chi connectivity index (χ3v) is 1.56. The Labute approximate surface area is 70.5 Å². The summed E-state index contributed by atoms with van der Waals surface area (Å²) in [6.07, 6.45) is 5.52. The SMILES string of the molecule is CCCC(C)CCC.COO. The summed E-state index contributed by atoms with van der Waals surface area (Å²) in [5.41, 5.74) is 0. The van der Waals surface area contributed by atoms with E-state index in [-0.39, 0.29) is 0 Å². The lowest BCUT2D eigenvalue weighted by Gasteiger charge is -2.05. The second-order valence-electron chi connectivity index (χ2n) is 2.87. The number of rotatable bonds is 4. The molecule has 0 atom stereocenters. The first-order valence-electron chi connectivity index (χ1n) is 4.40.